The molecule has 11 nitrogen and oxygen atoms in total. The molecule has 0 spiro atoms. The lowest BCUT2D eigenvalue weighted by Crippen LogP contribution is -2.59. The van der Waals surface area contributed by atoms with Gasteiger partial charge >= 0.3 is 23.9 Å². The Bertz CT molecular complexity index is 2130. The van der Waals surface area contributed by atoms with Crippen LogP contribution >= 0.6 is 7.37 Å². The summed E-state index contributed by atoms with van der Waals surface area (Å²) in [5.74, 6) is -1.08. The second-order valence-electron chi connectivity index (χ2n) is 20.5. The molecule has 3 aromatic carbocycles. The molecule has 12 heteroatoms. The van der Waals surface area contributed by atoms with Crippen molar-refractivity contribution in [1.82, 2.24) is 0 Å². The number of aliphatic hydroxyl groups is 1. The molecule has 358 valence electrons. The van der Waals surface area contributed by atoms with Gasteiger partial charge in [0.1, 0.15) is 19.3 Å². The van der Waals surface area contributed by atoms with Gasteiger partial charge in [0.25, 0.3) is 0 Å². The topological polar surface area (TPSA) is 163 Å². The molecule has 7 rings (SSSR count). The van der Waals surface area contributed by atoms with Crippen molar-refractivity contribution < 1.29 is 52.7 Å². The van der Waals surface area contributed by atoms with E-state index in [0.717, 1.165) is 61.6 Å². The third-order valence-corrected chi connectivity index (χ3v) is 19.1. The van der Waals surface area contributed by atoms with Crippen molar-refractivity contribution in [3.05, 3.63) is 108 Å². The van der Waals surface area contributed by atoms with Crippen molar-refractivity contribution in [2.24, 2.45) is 52.3 Å². The summed E-state index contributed by atoms with van der Waals surface area (Å²) in [6.07, 6.45) is 6.85. The normalized spacial score (nSPS) is 29.7. The number of ether oxygens (including phenoxy) is 3. The van der Waals surface area contributed by atoms with Gasteiger partial charge in [0.05, 0.1) is 25.0 Å². The summed E-state index contributed by atoms with van der Waals surface area (Å²) in [5.41, 5.74) is 2.22. The molecule has 0 aromatic heterocycles. The Labute approximate surface area is 391 Å². The highest BCUT2D eigenvalue weighted by molar-refractivity contribution is 7.59. The van der Waals surface area contributed by atoms with E-state index in [1.807, 2.05) is 91.0 Å². The molecule has 12 atom stereocenters. The Morgan fingerprint density at radius 1 is 0.712 bits per heavy atom. The van der Waals surface area contributed by atoms with Crippen LogP contribution in [0, 0.1) is 52.3 Å². The van der Waals surface area contributed by atoms with E-state index in [1.165, 1.54) is 0 Å². The van der Waals surface area contributed by atoms with Crippen molar-refractivity contribution >= 4 is 31.2 Å². The number of fused-ring (bicyclic) bond motifs is 5. The standard InChI is InChI=1S/C54H71O11P/c1-37(19-25-49(56)57)45-23-24-46-44-22-21-42-31-43(27-29-53(42,2)47(44)32-48(55)54(45,46)3)65-51(59)28-30-66(61,64-35-40-17-11-6-12-18-40)36-41(52(60)63-34-39-15-9-5-10-16-39)20-26-50(58)62-33-38-13-7-4-8-14-38/h4-18,37,41-48,55H,19-36H2,1-3H3,(H,56,57)/t37?,41?,42?,43-,44?,45-,46?,47?,48+,53+,54-,66?/m1/s1. The van der Waals surface area contributed by atoms with E-state index >= 15 is 0 Å². The maximum Gasteiger partial charge on any atom is 0.309 e. The second-order valence-corrected chi connectivity index (χ2v) is 23.2. The van der Waals surface area contributed by atoms with Gasteiger partial charge in [0, 0.05) is 25.2 Å². The minimum absolute atomic E-state index is 0.00935. The van der Waals surface area contributed by atoms with Crippen LogP contribution in [0.4, 0.5) is 0 Å². The van der Waals surface area contributed by atoms with Crippen molar-refractivity contribution in [3.63, 3.8) is 0 Å². The van der Waals surface area contributed by atoms with Crippen molar-refractivity contribution in [2.45, 2.75) is 136 Å². The average molecular weight is 927 g/mol. The molecule has 0 saturated heterocycles. The highest BCUT2D eigenvalue weighted by Gasteiger charge is 2.64. The number of hydrogen-bond donors (Lipinski definition) is 2. The summed E-state index contributed by atoms with van der Waals surface area (Å²) < 4.78 is 38.6. The molecule has 3 aromatic rings. The van der Waals surface area contributed by atoms with Crippen LogP contribution in [0.5, 0.6) is 0 Å². The largest absolute Gasteiger partial charge is 0.481 e. The van der Waals surface area contributed by atoms with Crippen molar-refractivity contribution in [1.29, 1.82) is 0 Å². The summed E-state index contributed by atoms with van der Waals surface area (Å²) >= 11 is 0. The molecule has 7 unspecified atom stereocenters. The van der Waals surface area contributed by atoms with Crippen molar-refractivity contribution in [3.8, 4) is 0 Å². The quantitative estimate of drug-likeness (QED) is 0.0594. The number of benzene rings is 3. The zero-order valence-electron chi connectivity index (χ0n) is 39.1. The first-order valence-corrected chi connectivity index (χ1v) is 26.4. The predicted octanol–water partition coefficient (Wildman–Crippen LogP) is 10.8. The number of carboxylic acids is 1. The monoisotopic (exact) mass is 926 g/mol. The number of aliphatic hydroxyl groups excluding tert-OH is 1. The van der Waals surface area contributed by atoms with Gasteiger partial charge in [0.2, 0.25) is 7.37 Å². The fourth-order valence-corrected chi connectivity index (χ4v) is 15.2. The Kier molecular flexibility index (Phi) is 16.7. The van der Waals surface area contributed by atoms with Gasteiger partial charge in [-0.1, -0.05) is 112 Å². The molecule has 4 fully saturated rings. The lowest BCUT2D eigenvalue weighted by molar-refractivity contribution is -0.181. The molecular formula is C54H71O11P. The Morgan fingerprint density at radius 3 is 1.97 bits per heavy atom. The maximum absolute atomic E-state index is 14.9. The molecule has 0 aliphatic heterocycles. The van der Waals surface area contributed by atoms with Gasteiger partial charge in [-0.05, 0) is 127 Å². The first-order valence-electron chi connectivity index (χ1n) is 24.4. The zero-order chi connectivity index (χ0) is 46.9. The minimum Gasteiger partial charge on any atom is -0.481 e. The van der Waals surface area contributed by atoms with Crippen LogP contribution in [0.1, 0.15) is 121 Å². The lowest BCUT2D eigenvalue weighted by atomic mass is 9.43. The van der Waals surface area contributed by atoms with E-state index in [0.29, 0.717) is 42.4 Å². The van der Waals surface area contributed by atoms with Crippen LogP contribution in [0.2, 0.25) is 0 Å². The van der Waals surface area contributed by atoms with E-state index in [1.54, 1.807) is 0 Å². The summed E-state index contributed by atoms with van der Waals surface area (Å²) in [7, 11) is -3.72. The number of carbonyl (C=O) groups excluding carboxylic acids is 3. The Balaban J connectivity index is 0.981. The molecular weight excluding hydrogens is 856 g/mol. The van der Waals surface area contributed by atoms with Crippen LogP contribution in [0.25, 0.3) is 0 Å². The summed E-state index contributed by atoms with van der Waals surface area (Å²) in [4.78, 5) is 51.9. The number of aliphatic carboxylic acids is 1. The first kappa shape index (κ1) is 49.6. The van der Waals surface area contributed by atoms with Gasteiger partial charge in [-0.2, -0.15) is 0 Å². The van der Waals surface area contributed by atoms with Crippen molar-refractivity contribution in [2.75, 3.05) is 12.3 Å². The number of hydrogen-bond acceptors (Lipinski definition) is 10. The van der Waals surface area contributed by atoms with Gasteiger partial charge in [-0.25, -0.2) is 0 Å². The van der Waals surface area contributed by atoms with Gasteiger partial charge < -0.3 is 28.9 Å². The van der Waals surface area contributed by atoms with Crippen LogP contribution in [0.3, 0.4) is 0 Å². The Hall–Kier alpha value is -4.31. The fourth-order valence-electron chi connectivity index (χ4n) is 12.9. The second kappa shape index (κ2) is 22.2. The molecule has 4 saturated carbocycles. The van der Waals surface area contributed by atoms with Crippen LogP contribution in [0.15, 0.2) is 91.0 Å². The number of carbonyl (C=O) groups is 4. The third kappa shape index (κ3) is 12.0. The number of rotatable bonds is 21. The Morgan fingerprint density at radius 2 is 1.33 bits per heavy atom. The molecule has 4 aliphatic rings. The lowest BCUT2D eigenvalue weighted by Gasteiger charge is -2.62. The fraction of sp³-hybridized carbons (Fsp3) is 0.593. The van der Waals surface area contributed by atoms with Gasteiger partial charge in [-0.3, -0.25) is 23.7 Å². The van der Waals surface area contributed by atoms with Gasteiger partial charge in [-0.15, -0.1) is 0 Å². The number of carboxylic acid groups (broad SMARTS) is 1. The average Bonchev–Trinajstić information content (AvgIpc) is 3.69. The van der Waals surface area contributed by atoms with Crippen LogP contribution in [-0.2, 0) is 62.3 Å². The summed E-state index contributed by atoms with van der Waals surface area (Å²) in [6.45, 7) is 6.97. The van der Waals surface area contributed by atoms with E-state index < -0.39 is 43.3 Å². The molecule has 0 radical (unpaired) electrons. The third-order valence-electron chi connectivity index (χ3n) is 16.6. The summed E-state index contributed by atoms with van der Waals surface area (Å²) in [5, 5.41) is 21.4. The van der Waals surface area contributed by atoms with E-state index in [9.17, 15) is 34.0 Å². The first-order chi connectivity index (χ1) is 31.7. The zero-order valence-corrected chi connectivity index (χ0v) is 40.0. The number of esters is 3. The smallest absolute Gasteiger partial charge is 0.309 e. The van der Waals surface area contributed by atoms with E-state index in [-0.39, 0.29) is 80.7 Å². The molecule has 0 heterocycles. The molecule has 2 N–H and O–H groups in total. The van der Waals surface area contributed by atoms with E-state index in [2.05, 4.69) is 20.8 Å². The summed E-state index contributed by atoms with van der Waals surface area (Å²) in [6, 6.07) is 27.9. The molecule has 0 amide bonds. The maximum atomic E-state index is 14.9. The predicted molar refractivity (Wildman–Crippen MR) is 251 cm³/mol. The SMILES string of the molecule is CC(CCC(=O)O)[C@H]1CCC2C3CCC4C[C@H](OC(=O)CCP(=O)(CC(CCC(=O)OCc5ccccc5)C(=O)OCc5ccccc5)OCc5ccccc5)CC[C@]4(C)C3C[C@H](O)[C@@]21C. The molecule has 4 aliphatic carbocycles. The van der Waals surface area contributed by atoms with Gasteiger partial charge in [0.15, 0.2) is 0 Å². The van der Waals surface area contributed by atoms with Crippen LogP contribution < -0.4 is 0 Å². The molecule has 66 heavy (non-hydrogen) atoms. The molecule has 0 bridgehead atoms. The minimum atomic E-state index is -3.72. The highest BCUT2D eigenvalue weighted by Crippen LogP contribution is 2.68. The van der Waals surface area contributed by atoms with E-state index in [4.69, 9.17) is 18.7 Å². The highest BCUT2D eigenvalue weighted by atomic mass is 31.2. The van der Waals surface area contributed by atoms with Crippen LogP contribution in [-0.4, -0.2) is 58.6 Å².